The van der Waals surface area contributed by atoms with Crippen molar-refractivity contribution in [3.63, 3.8) is 0 Å². The van der Waals surface area contributed by atoms with E-state index in [0.717, 1.165) is 33.5 Å². The Morgan fingerprint density at radius 3 is 2.24 bits per heavy atom. The molecule has 0 saturated carbocycles. The molecule has 0 spiro atoms. The third-order valence-electron chi connectivity index (χ3n) is 8.31. The number of nitrogens with two attached hydrogens (primary N) is 2. The van der Waals surface area contributed by atoms with Gasteiger partial charge in [-0.1, -0.05) is 73.5 Å². The molecule has 1 heterocycles. The number of quaternary nitrogens is 1. The fourth-order valence-corrected chi connectivity index (χ4v) is 6.16. The molecule has 0 saturated heterocycles. The van der Waals surface area contributed by atoms with Gasteiger partial charge in [-0.25, -0.2) is 4.39 Å². The third kappa shape index (κ3) is 4.14. The highest BCUT2D eigenvalue weighted by Crippen LogP contribution is 2.49. The molecule has 41 heavy (non-hydrogen) atoms. The van der Waals surface area contributed by atoms with Crippen molar-refractivity contribution in [2.75, 3.05) is 0 Å². The fraction of sp³-hybridized carbons (Fsp3) is 0.0833. The van der Waals surface area contributed by atoms with Gasteiger partial charge in [0.25, 0.3) is 0 Å². The molecule has 5 aromatic rings. The summed E-state index contributed by atoms with van der Waals surface area (Å²) >= 11 is 0. The van der Waals surface area contributed by atoms with Gasteiger partial charge in [0.15, 0.2) is 11.4 Å². The number of aromatic nitrogens is 1. The van der Waals surface area contributed by atoms with Gasteiger partial charge in [0, 0.05) is 29.4 Å². The Bertz CT molecular complexity index is 1920. The first kappa shape index (κ1) is 25.0. The molecule has 0 aliphatic heterocycles. The van der Waals surface area contributed by atoms with Gasteiger partial charge in [0.1, 0.15) is 5.82 Å². The Morgan fingerprint density at radius 1 is 0.707 bits per heavy atom. The predicted molar refractivity (Wildman–Crippen MR) is 162 cm³/mol. The van der Waals surface area contributed by atoms with E-state index in [9.17, 15) is 4.39 Å². The summed E-state index contributed by atoms with van der Waals surface area (Å²) in [5.41, 5.74) is 14.5. The van der Waals surface area contributed by atoms with E-state index < -0.39 is 0 Å². The van der Waals surface area contributed by atoms with E-state index in [1.54, 1.807) is 12.4 Å². The second-order valence-electron chi connectivity index (χ2n) is 11.1. The number of halogens is 1. The number of allylic oxidation sites excluding steroid dienone is 1. The quantitative estimate of drug-likeness (QED) is 0.179. The third-order valence-corrected chi connectivity index (χ3v) is 8.31. The van der Waals surface area contributed by atoms with Gasteiger partial charge in [-0.2, -0.15) is 5.43 Å². The molecular formula is C36H29FN4+2. The fourth-order valence-electron chi connectivity index (χ4n) is 6.16. The van der Waals surface area contributed by atoms with E-state index >= 15 is 0 Å². The van der Waals surface area contributed by atoms with Crippen LogP contribution >= 0.6 is 0 Å². The second kappa shape index (κ2) is 9.58. The number of nitrogens with zero attached hydrogens (tertiary/aromatic N) is 2. The van der Waals surface area contributed by atoms with Crippen molar-refractivity contribution in [3.05, 3.63) is 149 Å². The summed E-state index contributed by atoms with van der Waals surface area (Å²) in [4.78, 5) is 4.14. The molecule has 1 aromatic heterocycles. The smallest absolute Gasteiger partial charge is 0.236 e. The Morgan fingerprint density at radius 2 is 1.41 bits per heavy atom. The van der Waals surface area contributed by atoms with E-state index in [0.29, 0.717) is 17.0 Å². The van der Waals surface area contributed by atoms with Crippen LogP contribution in [0.2, 0.25) is 0 Å². The van der Waals surface area contributed by atoms with Crippen LogP contribution in [0.4, 0.5) is 10.1 Å². The number of rotatable bonds is 4. The maximum absolute atomic E-state index is 14.5. The molecule has 0 amide bonds. The zero-order valence-corrected chi connectivity index (χ0v) is 22.9. The van der Waals surface area contributed by atoms with Crippen LogP contribution < -0.4 is 10.8 Å². The van der Waals surface area contributed by atoms with Gasteiger partial charge >= 0.3 is 0 Å². The van der Waals surface area contributed by atoms with Crippen molar-refractivity contribution in [2.24, 2.45) is 5.10 Å². The highest BCUT2D eigenvalue weighted by Gasteiger charge is 2.36. The molecule has 0 bridgehead atoms. The summed E-state index contributed by atoms with van der Waals surface area (Å²) in [6.45, 7) is 4.54. The number of hydrogen-bond donors (Lipinski definition) is 2. The minimum atomic E-state index is -0.329. The predicted octanol–water partition coefficient (Wildman–Crippen LogP) is 5.44. The van der Waals surface area contributed by atoms with Crippen LogP contribution in [0.3, 0.4) is 0 Å². The number of fused-ring (bicyclic) bond motifs is 4. The van der Waals surface area contributed by atoms with Gasteiger partial charge in [0.2, 0.25) is 5.71 Å². The Labute approximate surface area is 238 Å². The molecule has 7 rings (SSSR count). The molecular weight excluding hydrogens is 507 g/mol. The Hall–Kier alpha value is -5.00. The van der Waals surface area contributed by atoms with Crippen molar-refractivity contribution < 1.29 is 15.2 Å². The highest BCUT2D eigenvalue weighted by molar-refractivity contribution is 6.52. The lowest BCUT2D eigenvalue weighted by molar-refractivity contribution is -0.576. The zero-order chi connectivity index (χ0) is 28.1. The Balaban J connectivity index is 1.34. The van der Waals surface area contributed by atoms with Crippen molar-refractivity contribution in [1.29, 1.82) is 0 Å². The lowest BCUT2D eigenvalue weighted by atomic mass is 9.80. The minimum Gasteiger partial charge on any atom is -0.265 e. The zero-order valence-electron chi connectivity index (χ0n) is 22.9. The summed E-state index contributed by atoms with van der Waals surface area (Å²) in [6.07, 6.45) is 5.58. The lowest BCUT2D eigenvalue weighted by Gasteiger charge is -2.23. The standard InChI is InChI=1S/C36H27FN4/c1-36(2)31-9-5-3-8-27(31)28-13-11-23(19-32(28)36)29-21-34(35(38)30-20-24(37)12-14-26(29)30)41-40-33-10-6-4-7-25(33)22-15-17-39-18-16-22/h3-21,38,40H,1-2H3/p+2. The summed E-state index contributed by atoms with van der Waals surface area (Å²) < 4.78 is 14.5. The minimum absolute atomic E-state index is 0.130. The first-order valence-electron chi connectivity index (χ1n) is 13.7. The maximum Gasteiger partial charge on any atom is 0.236 e. The van der Waals surface area contributed by atoms with Crippen LogP contribution in [0.15, 0.2) is 121 Å². The van der Waals surface area contributed by atoms with Gasteiger partial charge in [-0.3, -0.25) is 10.4 Å². The van der Waals surface area contributed by atoms with Crippen molar-refractivity contribution in [2.45, 2.75) is 19.3 Å². The van der Waals surface area contributed by atoms with Crippen LogP contribution in [0.5, 0.6) is 0 Å². The molecule has 2 aliphatic carbocycles. The molecule has 5 heteroatoms. The van der Waals surface area contributed by atoms with E-state index in [-0.39, 0.29) is 11.2 Å². The summed E-state index contributed by atoms with van der Waals surface area (Å²) in [6, 6.07) is 32.1. The Kier molecular flexibility index (Phi) is 5.84. The van der Waals surface area contributed by atoms with Crippen LogP contribution in [0.25, 0.3) is 27.8 Å². The summed E-state index contributed by atoms with van der Waals surface area (Å²) in [5, 5.41) is 11.5. The van der Waals surface area contributed by atoms with Crippen LogP contribution in [0, 0.1) is 5.82 Å². The normalized spacial score (nSPS) is 15.7. The molecule has 0 radical (unpaired) electrons. The average Bonchev–Trinajstić information content (AvgIpc) is 3.23. The summed E-state index contributed by atoms with van der Waals surface area (Å²) in [7, 11) is 0. The van der Waals surface area contributed by atoms with Gasteiger partial charge in [-0.05, 0) is 87.0 Å². The summed E-state index contributed by atoms with van der Waals surface area (Å²) in [5.74, 6) is -0.329. The molecule has 4 nitrogen and oxygen atoms in total. The molecule has 0 atom stereocenters. The molecule has 0 unspecified atom stereocenters. The van der Waals surface area contributed by atoms with Crippen LogP contribution in [-0.4, -0.2) is 16.4 Å². The van der Waals surface area contributed by atoms with E-state index in [2.05, 4.69) is 67.4 Å². The molecule has 0 fully saturated rings. The average molecular weight is 537 g/mol. The van der Waals surface area contributed by atoms with E-state index in [1.807, 2.05) is 47.9 Å². The first-order chi connectivity index (χ1) is 19.9. The highest BCUT2D eigenvalue weighted by atomic mass is 19.1. The largest absolute Gasteiger partial charge is 0.265 e. The number of pyridine rings is 1. The maximum atomic E-state index is 14.5. The van der Waals surface area contributed by atoms with Crippen LogP contribution in [-0.2, 0) is 5.41 Å². The SMILES string of the molecule is CC1(C)c2ccccc2-c2ccc(C3=CC(=N[NH2+]c4ccccc4-c4ccncc4)C(=[NH2+])c4cc(F)ccc43)cc21. The second-order valence-corrected chi connectivity index (χ2v) is 11.1. The molecule has 198 valence electrons. The van der Waals surface area contributed by atoms with Crippen LogP contribution in [0.1, 0.15) is 41.7 Å². The topological polar surface area (TPSA) is 67.5 Å². The molecule has 4 N–H and O–H groups in total. The van der Waals surface area contributed by atoms with Crippen molar-refractivity contribution >= 4 is 22.7 Å². The van der Waals surface area contributed by atoms with Gasteiger partial charge < -0.3 is 0 Å². The monoisotopic (exact) mass is 536 g/mol. The molecule has 4 aromatic carbocycles. The van der Waals surface area contributed by atoms with Gasteiger partial charge in [-0.15, -0.1) is 0 Å². The first-order valence-corrected chi connectivity index (χ1v) is 13.7. The van der Waals surface area contributed by atoms with E-state index in [1.165, 1.54) is 34.4 Å². The lowest BCUT2D eigenvalue weighted by Crippen LogP contribution is -2.72. The van der Waals surface area contributed by atoms with Crippen molar-refractivity contribution in [1.82, 2.24) is 4.98 Å². The number of hydrogen-bond acceptors (Lipinski definition) is 2. The molecule has 2 aliphatic rings. The van der Waals surface area contributed by atoms with E-state index in [4.69, 9.17) is 10.5 Å². The number of benzene rings is 4. The van der Waals surface area contributed by atoms with Gasteiger partial charge in [0.05, 0.1) is 5.56 Å². The van der Waals surface area contributed by atoms with Crippen molar-refractivity contribution in [3.8, 4) is 22.3 Å².